The van der Waals surface area contributed by atoms with Crippen LogP contribution in [0.25, 0.3) is 0 Å². The maximum Gasteiger partial charge on any atom is 0.174 e. The summed E-state index contributed by atoms with van der Waals surface area (Å²) in [4.78, 5) is 0. The van der Waals surface area contributed by atoms with Gasteiger partial charge in [-0.25, -0.2) is 0 Å². The minimum atomic E-state index is 0.0466. The third-order valence-corrected chi connectivity index (χ3v) is 2.05. The molecule has 0 aromatic heterocycles. The van der Waals surface area contributed by atoms with E-state index in [1.54, 1.807) is 25.3 Å². The number of hydrogen-bond donors (Lipinski definition) is 0. The zero-order valence-corrected chi connectivity index (χ0v) is 8.67. The Morgan fingerprint density at radius 1 is 1.54 bits per heavy atom. The van der Waals surface area contributed by atoms with E-state index in [4.69, 9.17) is 14.7 Å². The Bertz CT molecular complexity index is 333. The van der Waals surface area contributed by atoms with E-state index < -0.39 is 0 Å². The van der Waals surface area contributed by atoms with Gasteiger partial charge in [-0.3, -0.25) is 0 Å². The Morgan fingerprint density at radius 3 is 2.85 bits per heavy atom. The van der Waals surface area contributed by atoms with E-state index in [9.17, 15) is 0 Å². The first kappa shape index (κ1) is 9.87. The van der Waals surface area contributed by atoms with Crippen molar-refractivity contribution in [1.29, 1.82) is 5.26 Å². The van der Waals surface area contributed by atoms with Gasteiger partial charge in [-0.1, -0.05) is 0 Å². The summed E-state index contributed by atoms with van der Waals surface area (Å²) in [7, 11) is 1.59. The van der Waals surface area contributed by atoms with Crippen LogP contribution < -0.4 is 9.47 Å². The molecule has 0 bridgehead atoms. The van der Waals surface area contributed by atoms with Gasteiger partial charge in [-0.05, 0) is 34.1 Å². The largest absolute Gasteiger partial charge is 0.497 e. The maximum absolute atomic E-state index is 8.30. The zero-order chi connectivity index (χ0) is 9.68. The topological polar surface area (TPSA) is 42.2 Å². The predicted octanol–water partition coefficient (Wildman–Crippen LogP) is 2.36. The molecule has 0 saturated carbocycles. The SMILES string of the molecule is COc1ccc(OCC#N)c(Br)c1. The van der Waals surface area contributed by atoms with Crippen molar-refractivity contribution in [2.45, 2.75) is 0 Å². The third kappa shape index (κ3) is 2.63. The molecule has 13 heavy (non-hydrogen) atoms. The van der Waals surface area contributed by atoms with Crippen LogP contribution in [0.5, 0.6) is 11.5 Å². The second-order valence-electron chi connectivity index (χ2n) is 2.24. The molecule has 0 aliphatic heterocycles. The molecule has 3 nitrogen and oxygen atoms in total. The van der Waals surface area contributed by atoms with Gasteiger partial charge < -0.3 is 9.47 Å². The zero-order valence-electron chi connectivity index (χ0n) is 7.08. The van der Waals surface area contributed by atoms with E-state index in [0.717, 1.165) is 10.2 Å². The lowest BCUT2D eigenvalue weighted by atomic mass is 10.3. The van der Waals surface area contributed by atoms with Crippen LogP contribution in [0.1, 0.15) is 0 Å². The molecular formula is C9H8BrNO2. The van der Waals surface area contributed by atoms with Crippen LogP contribution in [0.15, 0.2) is 22.7 Å². The van der Waals surface area contributed by atoms with Crippen molar-refractivity contribution in [2.24, 2.45) is 0 Å². The van der Waals surface area contributed by atoms with Gasteiger partial charge in [0.05, 0.1) is 11.6 Å². The van der Waals surface area contributed by atoms with Crippen LogP contribution in [-0.4, -0.2) is 13.7 Å². The molecule has 68 valence electrons. The van der Waals surface area contributed by atoms with Gasteiger partial charge in [-0.2, -0.15) is 5.26 Å². The molecular weight excluding hydrogens is 234 g/mol. The standard InChI is InChI=1S/C9H8BrNO2/c1-12-7-2-3-9(8(10)6-7)13-5-4-11/h2-3,6H,5H2,1H3. The van der Waals surface area contributed by atoms with Crippen molar-refractivity contribution < 1.29 is 9.47 Å². The molecule has 1 rings (SSSR count). The fourth-order valence-corrected chi connectivity index (χ4v) is 1.31. The first-order valence-corrected chi connectivity index (χ1v) is 4.40. The molecule has 0 atom stereocenters. The monoisotopic (exact) mass is 241 g/mol. The maximum atomic E-state index is 8.30. The fourth-order valence-electron chi connectivity index (χ4n) is 0.836. The minimum Gasteiger partial charge on any atom is -0.497 e. The summed E-state index contributed by atoms with van der Waals surface area (Å²) in [6.45, 7) is 0.0466. The molecule has 0 amide bonds. The Labute approximate surface area is 85.0 Å². The first-order valence-electron chi connectivity index (χ1n) is 3.61. The highest BCUT2D eigenvalue weighted by molar-refractivity contribution is 9.10. The normalized spacial score (nSPS) is 9.00. The van der Waals surface area contributed by atoms with Crippen molar-refractivity contribution in [3.8, 4) is 17.6 Å². The highest BCUT2D eigenvalue weighted by Crippen LogP contribution is 2.28. The predicted molar refractivity (Wildman–Crippen MR) is 51.8 cm³/mol. The molecule has 0 spiro atoms. The Balaban J connectivity index is 2.80. The summed E-state index contributed by atoms with van der Waals surface area (Å²) in [5.74, 6) is 1.39. The summed E-state index contributed by atoms with van der Waals surface area (Å²) in [6.07, 6.45) is 0. The number of hydrogen-bond acceptors (Lipinski definition) is 3. The van der Waals surface area contributed by atoms with Crippen molar-refractivity contribution >= 4 is 15.9 Å². The smallest absolute Gasteiger partial charge is 0.174 e. The van der Waals surface area contributed by atoms with Crippen LogP contribution in [0.2, 0.25) is 0 Å². The molecule has 0 unspecified atom stereocenters. The Hall–Kier alpha value is -1.21. The fraction of sp³-hybridized carbons (Fsp3) is 0.222. The summed E-state index contributed by atoms with van der Waals surface area (Å²) in [5.41, 5.74) is 0. The molecule has 1 aromatic rings. The molecule has 0 saturated heterocycles. The van der Waals surface area contributed by atoms with Crippen LogP contribution in [0.3, 0.4) is 0 Å². The summed E-state index contributed by atoms with van der Waals surface area (Å²) >= 11 is 3.30. The lowest BCUT2D eigenvalue weighted by Crippen LogP contribution is -1.94. The lowest BCUT2D eigenvalue weighted by Gasteiger charge is -2.05. The van der Waals surface area contributed by atoms with Crippen molar-refractivity contribution in [3.63, 3.8) is 0 Å². The number of nitriles is 1. The molecule has 0 N–H and O–H groups in total. The molecule has 0 heterocycles. The minimum absolute atomic E-state index is 0.0466. The number of methoxy groups -OCH3 is 1. The van der Waals surface area contributed by atoms with Gasteiger partial charge in [-0.15, -0.1) is 0 Å². The van der Waals surface area contributed by atoms with Crippen molar-refractivity contribution in [3.05, 3.63) is 22.7 Å². The van der Waals surface area contributed by atoms with E-state index in [2.05, 4.69) is 15.9 Å². The quantitative estimate of drug-likeness (QED) is 0.816. The van der Waals surface area contributed by atoms with Gasteiger partial charge in [0.15, 0.2) is 6.61 Å². The van der Waals surface area contributed by atoms with Crippen LogP contribution in [0, 0.1) is 11.3 Å². The van der Waals surface area contributed by atoms with Gasteiger partial charge in [0.25, 0.3) is 0 Å². The molecule has 0 aliphatic carbocycles. The van der Waals surface area contributed by atoms with E-state index in [0.29, 0.717) is 5.75 Å². The molecule has 0 radical (unpaired) electrons. The van der Waals surface area contributed by atoms with Crippen molar-refractivity contribution in [1.82, 2.24) is 0 Å². The average Bonchev–Trinajstić information content (AvgIpc) is 2.16. The summed E-state index contributed by atoms with van der Waals surface area (Å²) in [5, 5.41) is 8.30. The van der Waals surface area contributed by atoms with E-state index >= 15 is 0 Å². The first-order chi connectivity index (χ1) is 6.27. The highest BCUT2D eigenvalue weighted by atomic mass is 79.9. The summed E-state index contributed by atoms with van der Waals surface area (Å²) in [6, 6.07) is 7.21. The highest BCUT2D eigenvalue weighted by Gasteiger charge is 2.01. The van der Waals surface area contributed by atoms with Gasteiger partial charge >= 0.3 is 0 Å². The van der Waals surface area contributed by atoms with Crippen LogP contribution in [0.4, 0.5) is 0 Å². The number of nitrogens with zero attached hydrogens (tertiary/aromatic N) is 1. The number of benzene rings is 1. The summed E-state index contributed by atoms with van der Waals surface area (Å²) < 4.78 is 10.9. The van der Waals surface area contributed by atoms with Gasteiger partial charge in [0.1, 0.15) is 17.6 Å². The lowest BCUT2D eigenvalue weighted by molar-refractivity contribution is 0.363. The van der Waals surface area contributed by atoms with Crippen molar-refractivity contribution in [2.75, 3.05) is 13.7 Å². The van der Waals surface area contributed by atoms with Gasteiger partial charge in [0, 0.05) is 0 Å². The molecule has 0 aliphatic rings. The average molecular weight is 242 g/mol. The second-order valence-corrected chi connectivity index (χ2v) is 3.10. The van der Waals surface area contributed by atoms with Crippen LogP contribution in [-0.2, 0) is 0 Å². The molecule has 0 fully saturated rings. The van der Waals surface area contributed by atoms with E-state index in [1.165, 1.54) is 0 Å². The Morgan fingerprint density at radius 2 is 2.31 bits per heavy atom. The van der Waals surface area contributed by atoms with E-state index in [1.807, 2.05) is 6.07 Å². The number of ether oxygens (including phenoxy) is 2. The van der Waals surface area contributed by atoms with Crippen LogP contribution >= 0.6 is 15.9 Å². The number of halogens is 1. The number of rotatable bonds is 3. The molecule has 4 heteroatoms. The van der Waals surface area contributed by atoms with E-state index in [-0.39, 0.29) is 6.61 Å². The second kappa shape index (κ2) is 4.73. The third-order valence-electron chi connectivity index (χ3n) is 1.43. The molecule has 1 aromatic carbocycles. The van der Waals surface area contributed by atoms with Gasteiger partial charge in [0.2, 0.25) is 0 Å². The Kier molecular flexibility index (Phi) is 3.59.